The average Bonchev–Trinajstić information content (AvgIpc) is 2.91. The van der Waals surface area contributed by atoms with Crippen molar-refractivity contribution in [2.24, 2.45) is 11.7 Å². The van der Waals surface area contributed by atoms with Crippen LogP contribution in [0.25, 0.3) is 0 Å². The van der Waals surface area contributed by atoms with Crippen LogP contribution in [0.4, 0.5) is 18.9 Å². The first-order chi connectivity index (χ1) is 10.8. The van der Waals surface area contributed by atoms with E-state index in [0.717, 1.165) is 16.4 Å². The number of nitrogens with two attached hydrogens (primary N) is 1. The molecule has 1 aromatic heterocycles. The van der Waals surface area contributed by atoms with E-state index in [9.17, 15) is 18.0 Å². The van der Waals surface area contributed by atoms with Crippen molar-refractivity contribution in [1.29, 1.82) is 0 Å². The maximum absolute atomic E-state index is 12.3. The molecule has 2 atom stereocenters. The summed E-state index contributed by atoms with van der Waals surface area (Å²) in [6.45, 7) is 0.453. The van der Waals surface area contributed by atoms with E-state index in [4.69, 9.17) is 5.73 Å². The molecule has 24 heavy (non-hydrogen) atoms. The molecule has 0 saturated carbocycles. The molecule has 2 unspecified atom stereocenters. The van der Waals surface area contributed by atoms with E-state index < -0.39 is 24.7 Å². The number of carbonyl (C=O) groups excluding carboxylic acids is 1. The van der Waals surface area contributed by atoms with Gasteiger partial charge in [0.2, 0.25) is 5.91 Å². The maximum Gasteiger partial charge on any atom is 0.408 e. The molecule has 2 rings (SSSR count). The van der Waals surface area contributed by atoms with Gasteiger partial charge in [0.1, 0.15) is 6.54 Å². The van der Waals surface area contributed by atoms with Crippen molar-refractivity contribution in [3.8, 4) is 0 Å². The topological polar surface area (TPSA) is 72.9 Å². The third kappa shape index (κ3) is 5.54. The Labute approximate surface area is 143 Å². The molecule has 1 amide bonds. The molecular weight excluding hydrogens is 345 g/mol. The number of hydrogen-bond acceptors (Lipinski definition) is 3. The van der Waals surface area contributed by atoms with E-state index in [1.807, 2.05) is 30.3 Å². The van der Waals surface area contributed by atoms with Crippen LogP contribution in [0.5, 0.6) is 0 Å². The quantitative estimate of drug-likeness (QED) is 0.858. The minimum absolute atomic E-state index is 0. The summed E-state index contributed by atoms with van der Waals surface area (Å²) in [4.78, 5) is 12.2. The van der Waals surface area contributed by atoms with E-state index in [-0.39, 0.29) is 24.0 Å². The minimum atomic E-state index is -4.36. The lowest BCUT2D eigenvalue weighted by Crippen LogP contribution is -2.30. The van der Waals surface area contributed by atoms with E-state index in [0.29, 0.717) is 0 Å². The van der Waals surface area contributed by atoms with Crippen LogP contribution in [0.1, 0.15) is 18.5 Å². The fourth-order valence-electron chi connectivity index (χ4n) is 2.08. The van der Waals surface area contributed by atoms with E-state index in [1.165, 1.54) is 6.20 Å². The summed E-state index contributed by atoms with van der Waals surface area (Å²) in [5.41, 5.74) is 7.06. The van der Waals surface area contributed by atoms with Crippen molar-refractivity contribution < 1.29 is 18.0 Å². The van der Waals surface area contributed by atoms with Gasteiger partial charge < -0.3 is 11.1 Å². The molecule has 0 spiro atoms. The maximum atomic E-state index is 12.3. The number of amides is 1. The van der Waals surface area contributed by atoms with Gasteiger partial charge in [-0.05, 0) is 5.56 Å². The van der Waals surface area contributed by atoms with Gasteiger partial charge in [-0.1, -0.05) is 37.3 Å². The van der Waals surface area contributed by atoms with Gasteiger partial charge in [0.15, 0.2) is 0 Å². The lowest BCUT2D eigenvalue weighted by atomic mass is 9.95. The van der Waals surface area contributed by atoms with Crippen molar-refractivity contribution in [2.75, 3.05) is 5.32 Å². The van der Waals surface area contributed by atoms with Crippen molar-refractivity contribution in [3.63, 3.8) is 0 Å². The number of hydrogen-bond donors (Lipinski definition) is 2. The van der Waals surface area contributed by atoms with Crippen LogP contribution in [0.15, 0.2) is 42.7 Å². The summed E-state index contributed by atoms with van der Waals surface area (Å²) in [7, 11) is 0. The van der Waals surface area contributed by atoms with Gasteiger partial charge in [0, 0.05) is 12.2 Å². The number of alkyl halides is 3. The normalized spacial score (nSPS) is 13.7. The van der Waals surface area contributed by atoms with Crippen molar-refractivity contribution >= 4 is 24.0 Å². The lowest BCUT2D eigenvalue weighted by Gasteiger charge is -2.19. The number of benzene rings is 1. The van der Waals surface area contributed by atoms with Gasteiger partial charge >= 0.3 is 6.18 Å². The van der Waals surface area contributed by atoms with Gasteiger partial charge in [-0.25, -0.2) is 0 Å². The molecule has 0 fully saturated rings. The van der Waals surface area contributed by atoms with Gasteiger partial charge in [0.05, 0.1) is 17.8 Å². The smallest absolute Gasteiger partial charge is 0.323 e. The van der Waals surface area contributed by atoms with Crippen LogP contribution in [0.2, 0.25) is 0 Å². The number of nitrogens with one attached hydrogen (secondary N) is 1. The summed E-state index contributed by atoms with van der Waals surface area (Å²) in [6, 6.07) is 8.60. The molecule has 0 radical (unpaired) electrons. The lowest BCUT2D eigenvalue weighted by molar-refractivity contribution is -0.142. The predicted octanol–water partition coefficient (Wildman–Crippen LogP) is 3.14. The van der Waals surface area contributed by atoms with Crippen LogP contribution in [0.3, 0.4) is 0 Å². The molecule has 132 valence electrons. The standard InChI is InChI=1S/C15H17F3N4O.ClH/c1-10(13(19)11-5-3-2-4-6-11)14(23)21-12-7-20-22(8-12)9-15(16,17)18;/h2-8,10,13H,9,19H2,1H3,(H,21,23);1H. The Hall–Kier alpha value is -2.06. The van der Waals surface area contributed by atoms with Gasteiger partial charge in [-0.3, -0.25) is 9.48 Å². The Balaban J connectivity index is 0.00000288. The summed E-state index contributed by atoms with van der Waals surface area (Å²) in [5.74, 6) is -0.934. The molecule has 0 aliphatic heterocycles. The zero-order valence-corrected chi connectivity index (χ0v) is 13.6. The van der Waals surface area contributed by atoms with Crippen molar-refractivity contribution in [1.82, 2.24) is 9.78 Å². The van der Waals surface area contributed by atoms with Gasteiger partial charge in [-0.2, -0.15) is 18.3 Å². The summed E-state index contributed by atoms with van der Waals surface area (Å²) >= 11 is 0. The molecule has 9 heteroatoms. The third-order valence-electron chi connectivity index (χ3n) is 3.38. The Morgan fingerprint density at radius 3 is 2.54 bits per heavy atom. The highest BCUT2D eigenvalue weighted by Gasteiger charge is 2.28. The Morgan fingerprint density at radius 2 is 1.96 bits per heavy atom. The molecule has 1 heterocycles. The first-order valence-corrected chi connectivity index (χ1v) is 6.97. The molecular formula is C15H18ClF3N4O. The number of halogens is 4. The second kappa shape index (κ2) is 8.16. The number of carbonyl (C=O) groups is 1. The SMILES string of the molecule is CC(C(=O)Nc1cnn(CC(F)(F)F)c1)C(N)c1ccccc1.Cl. The summed E-state index contributed by atoms with van der Waals surface area (Å²) < 4.78 is 37.5. The van der Waals surface area contributed by atoms with Gasteiger partial charge in [0.25, 0.3) is 0 Å². The molecule has 5 nitrogen and oxygen atoms in total. The fourth-order valence-corrected chi connectivity index (χ4v) is 2.08. The Bertz CT molecular complexity index is 660. The Morgan fingerprint density at radius 1 is 1.33 bits per heavy atom. The van der Waals surface area contributed by atoms with E-state index in [1.54, 1.807) is 6.92 Å². The molecule has 1 aromatic carbocycles. The van der Waals surface area contributed by atoms with Crippen LogP contribution >= 0.6 is 12.4 Å². The van der Waals surface area contributed by atoms with Crippen molar-refractivity contribution in [3.05, 3.63) is 48.3 Å². The molecule has 0 aliphatic carbocycles. The second-order valence-corrected chi connectivity index (χ2v) is 5.26. The number of nitrogens with zero attached hydrogens (tertiary/aromatic N) is 2. The molecule has 0 aliphatic rings. The molecule has 0 bridgehead atoms. The number of rotatable bonds is 5. The monoisotopic (exact) mass is 362 g/mol. The summed E-state index contributed by atoms with van der Waals surface area (Å²) in [6.07, 6.45) is -2.06. The molecule has 2 aromatic rings. The third-order valence-corrected chi connectivity index (χ3v) is 3.38. The highest BCUT2D eigenvalue weighted by Crippen LogP contribution is 2.21. The summed E-state index contributed by atoms with van der Waals surface area (Å²) in [5, 5.41) is 6.10. The zero-order valence-electron chi connectivity index (χ0n) is 12.8. The first kappa shape index (κ1) is 20.0. The zero-order chi connectivity index (χ0) is 17.0. The molecule has 0 saturated heterocycles. The van der Waals surface area contributed by atoms with E-state index >= 15 is 0 Å². The van der Waals surface area contributed by atoms with E-state index in [2.05, 4.69) is 10.4 Å². The number of anilines is 1. The van der Waals surface area contributed by atoms with Crippen molar-refractivity contribution in [2.45, 2.75) is 25.7 Å². The minimum Gasteiger partial charge on any atom is -0.323 e. The van der Waals surface area contributed by atoms with Crippen LogP contribution in [0, 0.1) is 5.92 Å². The highest BCUT2D eigenvalue weighted by molar-refractivity contribution is 5.92. The van der Waals surface area contributed by atoms with Crippen LogP contribution in [-0.2, 0) is 11.3 Å². The van der Waals surface area contributed by atoms with Crippen LogP contribution in [-0.4, -0.2) is 21.9 Å². The Kier molecular flexibility index (Phi) is 6.80. The fraction of sp³-hybridized carbons (Fsp3) is 0.333. The first-order valence-electron chi connectivity index (χ1n) is 6.97. The largest absolute Gasteiger partial charge is 0.408 e. The van der Waals surface area contributed by atoms with Crippen LogP contribution < -0.4 is 11.1 Å². The van der Waals surface area contributed by atoms with Gasteiger partial charge in [-0.15, -0.1) is 12.4 Å². The molecule has 3 N–H and O–H groups in total. The number of aromatic nitrogens is 2. The highest BCUT2D eigenvalue weighted by atomic mass is 35.5. The predicted molar refractivity (Wildman–Crippen MR) is 86.7 cm³/mol. The average molecular weight is 363 g/mol. The second-order valence-electron chi connectivity index (χ2n) is 5.26.